The van der Waals surface area contributed by atoms with Gasteiger partial charge in [-0.1, -0.05) is 48.0 Å². The molecule has 0 atom stereocenters. The molecule has 0 bridgehead atoms. The number of rotatable bonds is 1. The third kappa shape index (κ3) is 15.3. The summed E-state index contributed by atoms with van der Waals surface area (Å²) in [6.45, 7) is 0. The Labute approximate surface area is 233 Å². The molecule has 0 aliphatic rings. The molecular formula is C23H18F2Ir2N9-5. The molecule has 9 nitrogen and oxygen atoms in total. The summed E-state index contributed by atoms with van der Waals surface area (Å²) >= 11 is 0. The third-order valence-corrected chi connectivity index (χ3v) is 3.27. The normalized spacial score (nSPS) is 8.39. The minimum absolute atomic E-state index is 0. The van der Waals surface area contributed by atoms with E-state index in [9.17, 15) is 8.78 Å². The zero-order valence-corrected chi connectivity index (χ0v) is 23.1. The Hall–Kier alpha value is -3.63. The molecule has 0 unspecified atom stereocenters. The minimum Gasteiger partial charge on any atom is -0.582 e. The maximum absolute atomic E-state index is 13.2. The van der Waals surface area contributed by atoms with Gasteiger partial charge in [0.15, 0.2) is 0 Å². The number of hydrogen-bond acceptors (Lipinski definition) is 5. The molecule has 13 heteroatoms. The Kier molecular flexibility index (Phi) is 19.7. The first kappa shape index (κ1) is 32.4. The van der Waals surface area contributed by atoms with E-state index in [1.807, 2.05) is 0 Å². The molecule has 0 spiro atoms. The Morgan fingerprint density at radius 1 is 0.611 bits per heavy atom. The second kappa shape index (κ2) is 21.9. The molecule has 6 aromatic rings. The van der Waals surface area contributed by atoms with E-state index >= 15 is 0 Å². The summed E-state index contributed by atoms with van der Waals surface area (Å²) in [4.78, 5) is 3.95. The van der Waals surface area contributed by atoms with Crippen molar-refractivity contribution in [3.05, 3.63) is 128 Å². The van der Waals surface area contributed by atoms with Gasteiger partial charge in [-0.15, -0.1) is 12.1 Å². The van der Waals surface area contributed by atoms with Crippen molar-refractivity contribution in [1.29, 1.82) is 0 Å². The van der Waals surface area contributed by atoms with E-state index < -0.39 is 11.6 Å². The van der Waals surface area contributed by atoms with Gasteiger partial charge in [0, 0.05) is 82.8 Å². The number of aromatic nitrogens is 9. The summed E-state index contributed by atoms with van der Waals surface area (Å²) < 4.78 is 25.8. The van der Waals surface area contributed by atoms with Gasteiger partial charge in [0.25, 0.3) is 0 Å². The SMILES string of the molecule is Fc1c[c-]c(-c2ccccn2)c(F)c1.[Ir].[Ir].c1cn[n-]c1.c1cn[n-]c1.c1cn[n-]c1.c1cn[n-]c1. The number of hydrogen-bond donors (Lipinski definition) is 0. The summed E-state index contributed by atoms with van der Waals surface area (Å²) in [6, 6.07) is 16.6. The second-order valence-corrected chi connectivity index (χ2v) is 5.64. The molecule has 0 N–H and O–H groups in total. The second-order valence-electron chi connectivity index (χ2n) is 5.64. The summed E-state index contributed by atoms with van der Waals surface area (Å²) in [6.07, 6.45) is 14.7. The molecule has 0 fully saturated rings. The smallest absolute Gasteiger partial charge is 0.0408 e. The molecule has 1 aromatic carbocycles. The quantitative estimate of drug-likeness (QED) is 0.230. The van der Waals surface area contributed by atoms with Crippen LogP contribution in [0.15, 0.2) is 110 Å². The minimum atomic E-state index is -0.649. The molecule has 36 heavy (non-hydrogen) atoms. The van der Waals surface area contributed by atoms with E-state index in [1.54, 1.807) is 98.2 Å². The van der Waals surface area contributed by atoms with Crippen molar-refractivity contribution in [3.63, 3.8) is 0 Å². The van der Waals surface area contributed by atoms with Crippen molar-refractivity contribution in [1.82, 2.24) is 45.8 Å². The van der Waals surface area contributed by atoms with Gasteiger partial charge in [-0.2, -0.15) is 24.8 Å². The van der Waals surface area contributed by atoms with E-state index in [0.29, 0.717) is 5.69 Å². The molecule has 6 rings (SSSR count). The van der Waals surface area contributed by atoms with Crippen molar-refractivity contribution in [2.75, 3.05) is 0 Å². The largest absolute Gasteiger partial charge is 0.582 e. The third-order valence-electron chi connectivity index (χ3n) is 3.27. The summed E-state index contributed by atoms with van der Waals surface area (Å²) in [5.41, 5.74) is 0.636. The monoisotopic (exact) mass is 844 g/mol. The summed E-state index contributed by atoms with van der Waals surface area (Å²) in [5, 5.41) is 27.8. The summed E-state index contributed by atoms with van der Waals surface area (Å²) in [5.74, 6) is -1.29. The van der Waals surface area contributed by atoms with Gasteiger partial charge in [0.05, 0.1) is 0 Å². The van der Waals surface area contributed by atoms with Crippen LogP contribution in [0.1, 0.15) is 0 Å². The van der Waals surface area contributed by atoms with Gasteiger partial charge in [-0.05, 0) is 11.8 Å². The number of nitrogens with zero attached hydrogens (tertiary/aromatic N) is 9. The van der Waals surface area contributed by atoms with Gasteiger partial charge in [0.2, 0.25) is 0 Å². The predicted molar refractivity (Wildman–Crippen MR) is 119 cm³/mol. The van der Waals surface area contributed by atoms with Gasteiger partial charge in [-0.25, -0.2) is 0 Å². The van der Waals surface area contributed by atoms with E-state index in [2.05, 4.69) is 51.8 Å². The molecule has 0 amide bonds. The standard InChI is InChI=1S/C11H6F2N.4C3H3N2.2Ir/c12-8-4-5-9(10(13)7-8)11-3-1-2-6-14-11;4*1-2-4-5-3-1;;/h1-4,6-7H;4*1-3H;;/q5*-1;;. The number of pyridine rings is 1. The van der Waals surface area contributed by atoms with Crippen LogP contribution >= 0.6 is 0 Å². The van der Waals surface area contributed by atoms with Crippen LogP contribution < -0.4 is 20.4 Å². The molecular weight excluding hydrogens is 825 g/mol. The molecule has 0 aliphatic heterocycles. The van der Waals surface area contributed by atoms with Crippen molar-refractivity contribution < 1.29 is 49.0 Å². The van der Waals surface area contributed by atoms with Crippen molar-refractivity contribution in [3.8, 4) is 11.3 Å². The van der Waals surface area contributed by atoms with E-state index in [-0.39, 0.29) is 45.8 Å². The van der Waals surface area contributed by atoms with E-state index in [4.69, 9.17) is 0 Å². The molecule has 0 saturated carbocycles. The molecule has 0 aliphatic carbocycles. The van der Waals surface area contributed by atoms with Crippen LogP contribution in [0.4, 0.5) is 8.78 Å². The molecule has 0 saturated heterocycles. The zero-order valence-electron chi connectivity index (χ0n) is 18.3. The molecule has 192 valence electrons. The van der Waals surface area contributed by atoms with Crippen LogP contribution in [-0.4, -0.2) is 25.4 Å². The predicted octanol–water partition coefficient (Wildman–Crippen LogP) is 2.98. The number of halogens is 2. The topological polar surface area (TPSA) is 121 Å². The van der Waals surface area contributed by atoms with Crippen LogP contribution in [0.3, 0.4) is 0 Å². The molecule has 2 radical (unpaired) electrons. The fourth-order valence-electron chi connectivity index (χ4n) is 1.92. The fourth-order valence-corrected chi connectivity index (χ4v) is 1.92. The van der Waals surface area contributed by atoms with E-state index in [0.717, 1.165) is 12.1 Å². The fraction of sp³-hybridized carbons (Fsp3) is 0. The van der Waals surface area contributed by atoms with Gasteiger partial charge in [0.1, 0.15) is 0 Å². The van der Waals surface area contributed by atoms with E-state index in [1.165, 1.54) is 0 Å². The van der Waals surface area contributed by atoms with Crippen LogP contribution in [0.5, 0.6) is 0 Å². The van der Waals surface area contributed by atoms with Crippen molar-refractivity contribution in [2.45, 2.75) is 0 Å². The molecule has 5 aromatic heterocycles. The van der Waals surface area contributed by atoms with Crippen LogP contribution in [-0.2, 0) is 40.2 Å². The first-order chi connectivity index (χ1) is 16.8. The van der Waals surface area contributed by atoms with Crippen LogP contribution in [0, 0.1) is 17.7 Å². The zero-order chi connectivity index (χ0) is 24.1. The molecule has 5 heterocycles. The Morgan fingerprint density at radius 3 is 1.36 bits per heavy atom. The van der Waals surface area contributed by atoms with Crippen LogP contribution in [0.25, 0.3) is 11.3 Å². The van der Waals surface area contributed by atoms with Gasteiger partial charge in [-0.3, -0.25) is 8.78 Å². The number of benzene rings is 1. The Balaban J connectivity index is 0.000000464. The first-order valence-corrected chi connectivity index (χ1v) is 9.59. The van der Waals surface area contributed by atoms with Gasteiger partial charge >= 0.3 is 0 Å². The van der Waals surface area contributed by atoms with Crippen molar-refractivity contribution >= 4 is 0 Å². The van der Waals surface area contributed by atoms with Gasteiger partial charge < -0.3 is 45.8 Å². The summed E-state index contributed by atoms with van der Waals surface area (Å²) in [7, 11) is 0. The average molecular weight is 843 g/mol. The van der Waals surface area contributed by atoms with Crippen LogP contribution in [0.2, 0.25) is 0 Å². The maximum Gasteiger partial charge on any atom is 0.0408 e. The Bertz CT molecular complexity index is 998. The van der Waals surface area contributed by atoms with Crippen molar-refractivity contribution in [2.24, 2.45) is 0 Å². The first-order valence-electron chi connectivity index (χ1n) is 9.59. The Morgan fingerprint density at radius 2 is 1.08 bits per heavy atom. The average Bonchev–Trinajstić information content (AvgIpc) is 3.72. The maximum atomic E-state index is 13.2.